The van der Waals surface area contributed by atoms with Crippen LogP contribution in [-0.2, 0) is 5.41 Å². The predicted molar refractivity (Wildman–Crippen MR) is 135 cm³/mol. The van der Waals surface area contributed by atoms with Crippen molar-refractivity contribution < 1.29 is 13.5 Å². The highest BCUT2D eigenvalue weighted by Gasteiger charge is 2.22. The van der Waals surface area contributed by atoms with Crippen molar-refractivity contribution in [1.29, 1.82) is 0 Å². The molecule has 1 saturated heterocycles. The number of rotatable bonds is 5. The summed E-state index contributed by atoms with van der Waals surface area (Å²) in [5.41, 5.74) is 1.62. The van der Waals surface area contributed by atoms with Crippen molar-refractivity contribution in [3.8, 4) is 11.6 Å². The fourth-order valence-electron chi connectivity index (χ4n) is 4.10. The summed E-state index contributed by atoms with van der Waals surface area (Å²) >= 11 is 0. The Balaban J connectivity index is 1.50. The van der Waals surface area contributed by atoms with Crippen LogP contribution in [-0.4, -0.2) is 63.3 Å². The molecule has 4 heterocycles. The Hall–Kier alpha value is -3.73. The molecule has 0 amide bonds. The topological polar surface area (TPSA) is 98.0 Å². The van der Waals surface area contributed by atoms with Crippen LogP contribution in [0.15, 0.2) is 24.3 Å². The molecule has 3 aromatic heterocycles. The van der Waals surface area contributed by atoms with E-state index in [1.54, 1.807) is 19.1 Å². The summed E-state index contributed by atoms with van der Waals surface area (Å²) < 4.78 is 35.7. The molecule has 1 fully saturated rings. The Morgan fingerprint density at radius 2 is 1.75 bits per heavy atom. The molecule has 5 rings (SSSR count). The number of nitrogens with one attached hydrogen (secondary N) is 3. The van der Waals surface area contributed by atoms with Crippen LogP contribution in [0.25, 0.3) is 10.9 Å². The maximum absolute atomic E-state index is 15.2. The van der Waals surface area contributed by atoms with Gasteiger partial charge < -0.3 is 24.8 Å². The fraction of sp³-hybridized carbons (Fsp3) is 0.400. The number of fused-ring (bicyclic) bond motifs is 1. The van der Waals surface area contributed by atoms with Crippen molar-refractivity contribution in [3.63, 3.8) is 0 Å². The normalized spacial score (nSPS) is 15.0. The molecular weight excluding hydrogens is 466 g/mol. The van der Waals surface area contributed by atoms with Gasteiger partial charge >= 0.3 is 0 Å². The van der Waals surface area contributed by atoms with Gasteiger partial charge in [0.05, 0.1) is 5.52 Å². The van der Waals surface area contributed by atoms with E-state index in [0.29, 0.717) is 23.3 Å². The molecule has 0 radical (unpaired) electrons. The van der Waals surface area contributed by atoms with Gasteiger partial charge in [0.25, 0.3) is 0 Å². The van der Waals surface area contributed by atoms with E-state index in [1.807, 2.05) is 11.0 Å². The van der Waals surface area contributed by atoms with Gasteiger partial charge in [-0.1, -0.05) is 20.8 Å². The number of likely N-dealkylation sites (N-methyl/N-ethyl adjacent to an activating group) is 1. The van der Waals surface area contributed by atoms with Crippen LogP contribution < -0.4 is 15.0 Å². The van der Waals surface area contributed by atoms with Crippen molar-refractivity contribution in [2.75, 3.05) is 43.4 Å². The Morgan fingerprint density at radius 3 is 2.44 bits per heavy atom. The number of hydrogen-bond donors (Lipinski definition) is 3. The molecule has 1 aromatic carbocycles. The van der Waals surface area contributed by atoms with Gasteiger partial charge in [-0.2, -0.15) is 15.1 Å². The second-order valence-corrected chi connectivity index (χ2v) is 10.2. The van der Waals surface area contributed by atoms with E-state index in [4.69, 9.17) is 4.74 Å². The lowest BCUT2D eigenvalue weighted by atomic mass is 9.92. The van der Waals surface area contributed by atoms with Crippen LogP contribution in [0.1, 0.15) is 32.2 Å². The molecule has 1 aliphatic rings. The van der Waals surface area contributed by atoms with Gasteiger partial charge in [0.1, 0.15) is 5.82 Å². The lowest BCUT2D eigenvalue weighted by molar-refractivity contribution is 0.310. The molecule has 0 aliphatic carbocycles. The number of halogens is 2. The molecular formula is C25H30F2N8O. The van der Waals surface area contributed by atoms with E-state index in [9.17, 15) is 4.39 Å². The van der Waals surface area contributed by atoms with Crippen LogP contribution in [0.3, 0.4) is 0 Å². The van der Waals surface area contributed by atoms with E-state index in [1.165, 1.54) is 0 Å². The highest BCUT2D eigenvalue weighted by Crippen LogP contribution is 2.33. The third kappa shape index (κ3) is 4.83. The summed E-state index contributed by atoms with van der Waals surface area (Å²) in [5, 5.41) is 10.7. The Bertz CT molecular complexity index is 1400. The zero-order valence-electron chi connectivity index (χ0n) is 21.0. The van der Waals surface area contributed by atoms with Crippen molar-refractivity contribution in [2.45, 2.75) is 33.1 Å². The number of piperazine rings is 1. The minimum atomic E-state index is -0.660. The number of H-pyrrole nitrogens is 2. The van der Waals surface area contributed by atoms with Crippen molar-refractivity contribution in [3.05, 3.63) is 47.3 Å². The van der Waals surface area contributed by atoms with Crippen molar-refractivity contribution >= 4 is 28.5 Å². The number of anilines is 3. The first-order valence-electron chi connectivity index (χ1n) is 11.9. The van der Waals surface area contributed by atoms with Gasteiger partial charge in [-0.3, -0.25) is 5.10 Å². The summed E-state index contributed by atoms with van der Waals surface area (Å²) in [7, 11) is 2.06. The minimum absolute atomic E-state index is 0.0953. The molecule has 0 bridgehead atoms. The fourth-order valence-corrected chi connectivity index (χ4v) is 4.10. The number of aromatic amines is 2. The molecule has 11 heteroatoms. The molecule has 0 unspecified atom stereocenters. The zero-order valence-corrected chi connectivity index (χ0v) is 21.0. The zero-order chi connectivity index (χ0) is 25.6. The van der Waals surface area contributed by atoms with Gasteiger partial charge in [-0.25, -0.2) is 8.78 Å². The van der Waals surface area contributed by atoms with Gasteiger partial charge in [-0.15, -0.1) is 0 Å². The van der Waals surface area contributed by atoms with Crippen LogP contribution in [0.5, 0.6) is 11.6 Å². The van der Waals surface area contributed by atoms with Crippen LogP contribution in [0.2, 0.25) is 0 Å². The number of hydrogen-bond acceptors (Lipinski definition) is 7. The highest BCUT2D eigenvalue weighted by atomic mass is 19.1. The quantitative estimate of drug-likeness (QED) is 0.363. The van der Waals surface area contributed by atoms with E-state index < -0.39 is 11.6 Å². The van der Waals surface area contributed by atoms with Crippen LogP contribution >= 0.6 is 0 Å². The molecule has 9 nitrogen and oxygen atoms in total. The molecule has 0 atom stereocenters. The summed E-state index contributed by atoms with van der Waals surface area (Å²) in [6.45, 7) is 11.2. The number of aryl methyl sites for hydroxylation is 1. The number of nitrogens with zero attached hydrogens (tertiary/aromatic N) is 5. The number of aromatic nitrogens is 5. The molecule has 3 N–H and O–H groups in total. The number of benzene rings is 1. The Labute approximate surface area is 207 Å². The van der Waals surface area contributed by atoms with E-state index in [2.05, 4.69) is 63.2 Å². The van der Waals surface area contributed by atoms with E-state index in [-0.39, 0.29) is 27.9 Å². The monoisotopic (exact) mass is 496 g/mol. The van der Waals surface area contributed by atoms with Crippen molar-refractivity contribution in [1.82, 2.24) is 30.0 Å². The SMILES string of the molecule is Cc1cc2c(F)c(Oc3cc(Nc4cc(C(C)(C)C)[nH]n4)nc(N4CCN(C)CC4)n3)cc(F)c2[nH]1. The third-order valence-electron chi connectivity index (χ3n) is 6.24. The first-order chi connectivity index (χ1) is 17.1. The van der Waals surface area contributed by atoms with Gasteiger partial charge in [-0.05, 0) is 20.0 Å². The highest BCUT2D eigenvalue weighted by molar-refractivity contribution is 5.83. The van der Waals surface area contributed by atoms with Gasteiger partial charge in [0.15, 0.2) is 23.2 Å². The summed E-state index contributed by atoms with van der Waals surface area (Å²) in [6.07, 6.45) is 0. The summed E-state index contributed by atoms with van der Waals surface area (Å²) in [6, 6.07) is 6.04. The van der Waals surface area contributed by atoms with Crippen molar-refractivity contribution in [2.24, 2.45) is 0 Å². The average Bonchev–Trinajstić information content (AvgIpc) is 3.45. The van der Waals surface area contributed by atoms with E-state index >= 15 is 4.39 Å². The number of ether oxygens (including phenoxy) is 1. The summed E-state index contributed by atoms with van der Waals surface area (Å²) in [5.74, 6) is 0.0325. The second-order valence-electron chi connectivity index (χ2n) is 10.2. The minimum Gasteiger partial charge on any atom is -0.436 e. The summed E-state index contributed by atoms with van der Waals surface area (Å²) in [4.78, 5) is 16.3. The molecule has 1 aliphatic heterocycles. The van der Waals surface area contributed by atoms with Crippen LogP contribution in [0, 0.1) is 18.6 Å². The maximum Gasteiger partial charge on any atom is 0.230 e. The first-order valence-corrected chi connectivity index (χ1v) is 11.9. The second kappa shape index (κ2) is 9.05. The van der Waals surface area contributed by atoms with Gasteiger partial charge in [0, 0.05) is 66.6 Å². The lowest BCUT2D eigenvalue weighted by Gasteiger charge is -2.32. The first kappa shape index (κ1) is 24.0. The molecule has 4 aromatic rings. The van der Waals surface area contributed by atoms with E-state index in [0.717, 1.165) is 37.9 Å². The molecule has 36 heavy (non-hydrogen) atoms. The predicted octanol–water partition coefficient (Wildman–Crippen LogP) is 4.85. The Kier molecular flexibility index (Phi) is 6.03. The maximum atomic E-state index is 15.2. The lowest BCUT2D eigenvalue weighted by Crippen LogP contribution is -2.45. The molecule has 0 saturated carbocycles. The van der Waals surface area contributed by atoms with Gasteiger partial charge in [0.2, 0.25) is 11.8 Å². The largest absolute Gasteiger partial charge is 0.436 e. The third-order valence-corrected chi connectivity index (χ3v) is 6.24. The molecule has 190 valence electrons. The van der Waals surface area contributed by atoms with Crippen LogP contribution in [0.4, 0.5) is 26.4 Å². The molecule has 0 spiro atoms. The standard InChI is InChI=1S/C25H30F2N8O/c1-14-10-15-22(27)17(11-16(26)23(15)28-14)36-21-13-19(29-20-12-18(32-33-20)25(2,3)4)30-24(31-21)35-8-6-34(5)7-9-35/h10-13,28H,6-9H2,1-5H3,(H2,29,30,31,32,33). The average molecular weight is 497 g/mol. The Morgan fingerprint density at radius 1 is 1.00 bits per heavy atom. The smallest absolute Gasteiger partial charge is 0.230 e.